The highest BCUT2D eigenvalue weighted by molar-refractivity contribution is 5.93. The van der Waals surface area contributed by atoms with Crippen LogP contribution in [0.15, 0.2) is 47.1 Å². The maximum Gasteiger partial charge on any atom is 0.338 e. The van der Waals surface area contributed by atoms with E-state index >= 15 is 0 Å². The Morgan fingerprint density at radius 2 is 2.12 bits per heavy atom. The third-order valence-corrected chi connectivity index (χ3v) is 3.91. The molecule has 0 saturated carbocycles. The molecule has 26 heavy (non-hydrogen) atoms. The van der Waals surface area contributed by atoms with Crippen LogP contribution in [0, 0.1) is 21.4 Å². The molecule has 136 valence electrons. The van der Waals surface area contributed by atoms with Crippen LogP contribution >= 0.6 is 0 Å². The number of esters is 1. The normalized spacial score (nSPS) is 16.7. The zero-order valence-corrected chi connectivity index (χ0v) is 14.5. The quantitative estimate of drug-likeness (QED) is 0.470. The molecule has 0 amide bonds. The minimum atomic E-state index is -1.02. The van der Waals surface area contributed by atoms with Gasteiger partial charge in [0, 0.05) is 18.1 Å². The van der Waals surface area contributed by atoms with E-state index in [2.05, 4.69) is 0 Å². The lowest BCUT2D eigenvalue weighted by molar-refractivity contribution is -0.385. The largest absolute Gasteiger partial charge is 0.463 e. The first-order valence-corrected chi connectivity index (χ1v) is 8.17. The van der Waals surface area contributed by atoms with Gasteiger partial charge in [0.15, 0.2) is 0 Å². The van der Waals surface area contributed by atoms with E-state index in [0.29, 0.717) is 12.8 Å². The van der Waals surface area contributed by atoms with Gasteiger partial charge < -0.3 is 15.2 Å². The number of nitriles is 1. The molecule has 0 fully saturated rings. The van der Waals surface area contributed by atoms with Crippen LogP contribution in [0.25, 0.3) is 0 Å². The predicted octanol–water partition coefficient (Wildman–Crippen LogP) is 3.02. The van der Waals surface area contributed by atoms with E-state index in [0.717, 1.165) is 0 Å². The molecule has 1 aromatic rings. The Hall–Kier alpha value is -3.34. The number of hydrogen-bond donors (Lipinski definition) is 1. The highest BCUT2D eigenvalue weighted by Gasteiger charge is 2.40. The van der Waals surface area contributed by atoms with Gasteiger partial charge in [-0.1, -0.05) is 25.1 Å². The molecule has 0 bridgehead atoms. The SMILES string of the molecule is CCCC1=C(C(=O)OCC)[C@@H](c2ccccc2[N+](=O)[O-])C(C#N)=C(N)O1. The van der Waals surface area contributed by atoms with Gasteiger partial charge in [-0.25, -0.2) is 4.79 Å². The molecule has 1 atom stereocenters. The summed E-state index contributed by atoms with van der Waals surface area (Å²) in [7, 11) is 0. The van der Waals surface area contributed by atoms with Crippen LogP contribution in [0.1, 0.15) is 38.2 Å². The lowest BCUT2D eigenvalue weighted by Crippen LogP contribution is -2.26. The molecular formula is C18H19N3O5. The summed E-state index contributed by atoms with van der Waals surface area (Å²) in [5.74, 6) is -1.59. The van der Waals surface area contributed by atoms with Crippen molar-refractivity contribution < 1.29 is 19.2 Å². The molecule has 2 rings (SSSR count). The minimum Gasteiger partial charge on any atom is -0.463 e. The summed E-state index contributed by atoms with van der Waals surface area (Å²) in [6.07, 6.45) is 1.03. The first-order valence-electron chi connectivity index (χ1n) is 8.17. The van der Waals surface area contributed by atoms with Crippen molar-refractivity contribution in [3.05, 3.63) is 62.7 Å². The zero-order chi connectivity index (χ0) is 19.3. The monoisotopic (exact) mass is 357 g/mol. The molecule has 1 aliphatic heterocycles. The summed E-state index contributed by atoms with van der Waals surface area (Å²) in [5.41, 5.74) is 5.88. The Kier molecular flexibility index (Phi) is 5.96. The molecule has 0 spiro atoms. The summed E-state index contributed by atoms with van der Waals surface area (Å²) in [5, 5.41) is 21.0. The smallest absolute Gasteiger partial charge is 0.338 e. The summed E-state index contributed by atoms with van der Waals surface area (Å²) in [6, 6.07) is 7.86. The fourth-order valence-corrected chi connectivity index (χ4v) is 2.87. The molecule has 1 aliphatic rings. The number of rotatable bonds is 6. The van der Waals surface area contributed by atoms with Crippen LogP contribution in [-0.4, -0.2) is 17.5 Å². The molecule has 0 radical (unpaired) electrons. The van der Waals surface area contributed by atoms with Crippen LogP contribution in [0.5, 0.6) is 0 Å². The average molecular weight is 357 g/mol. The van der Waals surface area contributed by atoms with E-state index in [-0.39, 0.29) is 40.6 Å². The van der Waals surface area contributed by atoms with Crippen molar-refractivity contribution in [2.45, 2.75) is 32.6 Å². The van der Waals surface area contributed by atoms with Crippen LogP contribution in [-0.2, 0) is 14.3 Å². The van der Waals surface area contributed by atoms with Gasteiger partial charge in [-0.15, -0.1) is 0 Å². The van der Waals surface area contributed by atoms with Crippen molar-refractivity contribution in [2.24, 2.45) is 5.73 Å². The van der Waals surface area contributed by atoms with Gasteiger partial charge in [0.25, 0.3) is 5.69 Å². The second-order valence-electron chi connectivity index (χ2n) is 5.55. The number of nitro groups is 1. The predicted molar refractivity (Wildman–Crippen MR) is 92.3 cm³/mol. The molecular weight excluding hydrogens is 338 g/mol. The van der Waals surface area contributed by atoms with Crippen LogP contribution in [0.3, 0.4) is 0 Å². The molecule has 1 aromatic carbocycles. The Balaban J connectivity index is 2.77. The number of carbonyl (C=O) groups excluding carboxylic acids is 1. The van der Waals surface area contributed by atoms with E-state index in [1.807, 2.05) is 13.0 Å². The number of nitro benzene ring substituents is 1. The first kappa shape index (κ1) is 19.0. The van der Waals surface area contributed by atoms with Crippen molar-refractivity contribution >= 4 is 11.7 Å². The van der Waals surface area contributed by atoms with Crippen LogP contribution in [0.4, 0.5) is 5.69 Å². The lowest BCUT2D eigenvalue weighted by atomic mass is 9.81. The van der Waals surface area contributed by atoms with E-state index in [9.17, 15) is 20.2 Å². The van der Waals surface area contributed by atoms with E-state index in [4.69, 9.17) is 15.2 Å². The highest BCUT2D eigenvalue weighted by atomic mass is 16.6. The van der Waals surface area contributed by atoms with Crippen molar-refractivity contribution in [1.29, 1.82) is 5.26 Å². The number of ether oxygens (including phenoxy) is 2. The van der Waals surface area contributed by atoms with E-state index < -0.39 is 16.8 Å². The van der Waals surface area contributed by atoms with Crippen molar-refractivity contribution in [1.82, 2.24) is 0 Å². The number of carbonyl (C=O) groups is 1. The van der Waals surface area contributed by atoms with Crippen molar-refractivity contribution in [3.8, 4) is 6.07 Å². The number of nitrogens with two attached hydrogens (primary N) is 1. The fourth-order valence-electron chi connectivity index (χ4n) is 2.87. The van der Waals surface area contributed by atoms with Crippen LogP contribution < -0.4 is 5.73 Å². The highest BCUT2D eigenvalue weighted by Crippen LogP contribution is 2.43. The standard InChI is InChI=1S/C18H19N3O5/c1-3-7-14-16(18(22)25-4-2)15(12(10-19)17(20)26-14)11-8-5-6-9-13(11)21(23)24/h5-6,8-9,15H,3-4,7,20H2,1-2H3/t15-/m0/s1. The Morgan fingerprint density at radius 1 is 1.42 bits per heavy atom. The van der Waals surface area contributed by atoms with E-state index in [1.54, 1.807) is 13.0 Å². The third kappa shape index (κ3) is 3.52. The second-order valence-corrected chi connectivity index (χ2v) is 5.55. The molecule has 1 heterocycles. The van der Waals surface area contributed by atoms with Gasteiger partial charge in [0.05, 0.1) is 23.0 Å². The van der Waals surface area contributed by atoms with Gasteiger partial charge in [-0.3, -0.25) is 10.1 Å². The summed E-state index contributed by atoms with van der Waals surface area (Å²) < 4.78 is 10.6. The van der Waals surface area contributed by atoms with Gasteiger partial charge in [-0.05, 0) is 13.3 Å². The number of benzene rings is 1. The van der Waals surface area contributed by atoms with E-state index in [1.165, 1.54) is 18.2 Å². The molecule has 0 aromatic heterocycles. The summed E-state index contributed by atoms with van der Waals surface area (Å²) >= 11 is 0. The Labute approximate surface area is 150 Å². The average Bonchev–Trinajstić information content (AvgIpc) is 2.61. The van der Waals surface area contributed by atoms with Crippen LogP contribution in [0.2, 0.25) is 0 Å². The number of allylic oxidation sites excluding steroid dienone is 2. The maximum atomic E-state index is 12.6. The molecule has 8 heteroatoms. The van der Waals surface area contributed by atoms with Gasteiger partial charge in [-0.2, -0.15) is 5.26 Å². The molecule has 0 aliphatic carbocycles. The summed E-state index contributed by atoms with van der Waals surface area (Å²) in [4.78, 5) is 23.5. The molecule has 0 unspecified atom stereocenters. The topological polar surface area (TPSA) is 128 Å². The van der Waals surface area contributed by atoms with Crippen molar-refractivity contribution in [2.75, 3.05) is 6.61 Å². The minimum absolute atomic E-state index is 0.0535. The second kappa shape index (κ2) is 8.16. The maximum absolute atomic E-state index is 12.6. The molecule has 2 N–H and O–H groups in total. The summed E-state index contributed by atoms with van der Waals surface area (Å²) in [6.45, 7) is 3.66. The zero-order valence-electron chi connectivity index (χ0n) is 14.5. The number of nitrogens with zero attached hydrogens (tertiary/aromatic N) is 2. The third-order valence-electron chi connectivity index (χ3n) is 3.91. The lowest BCUT2D eigenvalue weighted by Gasteiger charge is -2.27. The van der Waals surface area contributed by atoms with Gasteiger partial charge in [0.1, 0.15) is 17.4 Å². The fraction of sp³-hybridized carbons (Fsp3) is 0.333. The van der Waals surface area contributed by atoms with Gasteiger partial charge in [0.2, 0.25) is 5.88 Å². The van der Waals surface area contributed by atoms with Gasteiger partial charge >= 0.3 is 5.97 Å². The Morgan fingerprint density at radius 3 is 2.69 bits per heavy atom. The van der Waals surface area contributed by atoms with Crippen molar-refractivity contribution in [3.63, 3.8) is 0 Å². The molecule has 0 saturated heterocycles. The Bertz CT molecular complexity index is 835. The number of hydrogen-bond acceptors (Lipinski definition) is 7. The first-order chi connectivity index (χ1) is 12.5. The number of para-hydroxylation sites is 1. The molecule has 8 nitrogen and oxygen atoms in total.